The van der Waals surface area contributed by atoms with Crippen molar-refractivity contribution in [1.82, 2.24) is 0 Å². The van der Waals surface area contributed by atoms with E-state index >= 15 is 0 Å². The quantitative estimate of drug-likeness (QED) is 0.904. The van der Waals surface area contributed by atoms with Gasteiger partial charge < -0.3 is 19.5 Å². The van der Waals surface area contributed by atoms with E-state index in [1.807, 2.05) is 32.9 Å². The minimum absolute atomic E-state index is 0.167. The van der Waals surface area contributed by atoms with E-state index in [2.05, 4.69) is 5.32 Å². The molecule has 0 spiro atoms. The van der Waals surface area contributed by atoms with Crippen molar-refractivity contribution >= 4 is 11.6 Å². The monoisotopic (exact) mass is 329 g/mol. The molecule has 128 valence electrons. The van der Waals surface area contributed by atoms with E-state index in [1.165, 1.54) is 21.3 Å². The molecule has 1 N–H and O–H groups in total. The Bertz CT molecular complexity index is 720. The molecule has 24 heavy (non-hydrogen) atoms. The van der Waals surface area contributed by atoms with Gasteiger partial charge in [0, 0.05) is 23.4 Å². The molecule has 0 fully saturated rings. The van der Waals surface area contributed by atoms with E-state index in [9.17, 15) is 4.79 Å². The number of carbonyl (C=O) groups excluding carboxylic acids is 1. The molecule has 0 bridgehead atoms. The SMILES string of the molecule is COc1cc(NC(=O)c2c(C)cc(C)cc2C)cc(OC)c1OC. The topological polar surface area (TPSA) is 56.8 Å². The number of anilines is 1. The lowest BCUT2D eigenvalue weighted by Crippen LogP contribution is -2.15. The average molecular weight is 329 g/mol. The van der Waals surface area contributed by atoms with E-state index in [-0.39, 0.29) is 5.91 Å². The Morgan fingerprint density at radius 2 is 1.33 bits per heavy atom. The van der Waals surface area contributed by atoms with Crippen LogP contribution in [0.25, 0.3) is 0 Å². The number of aryl methyl sites for hydroxylation is 3. The number of benzene rings is 2. The first-order valence-electron chi connectivity index (χ1n) is 7.60. The standard InChI is InChI=1S/C19H23NO4/c1-11-7-12(2)17(13(3)8-11)19(21)20-14-9-15(22-4)18(24-6)16(10-14)23-5/h7-10H,1-6H3,(H,20,21). The van der Waals surface area contributed by atoms with E-state index in [0.717, 1.165) is 16.7 Å². The molecular weight excluding hydrogens is 306 g/mol. The van der Waals surface area contributed by atoms with Crippen LogP contribution in [-0.4, -0.2) is 27.2 Å². The minimum Gasteiger partial charge on any atom is -0.493 e. The van der Waals surface area contributed by atoms with Gasteiger partial charge in [-0.1, -0.05) is 17.7 Å². The molecule has 1 amide bonds. The smallest absolute Gasteiger partial charge is 0.256 e. The first kappa shape index (κ1) is 17.7. The second-order valence-electron chi connectivity index (χ2n) is 5.64. The van der Waals surface area contributed by atoms with Gasteiger partial charge in [-0.3, -0.25) is 4.79 Å². The molecule has 0 unspecified atom stereocenters. The van der Waals surface area contributed by atoms with Crippen molar-refractivity contribution in [3.8, 4) is 17.2 Å². The lowest BCUT2D eigenvalue weighted by atomic mass is 9.99. The molecular formula is C19H23NO4. The van der Waals surface area contributed by atoms with Crippen LogP contribution in [0.5, 0.6) is 17.2 Å². The van der Waals surface area contributed by atoms with Crippen LogP contribution in [0.2, 0.25) is 0 Å². The number of carbonyl (C=O) groups is 1. The molecule has 2 rings (SSSR count). The van der Waals surface area contributed by atoms with Crippen LogP contribution in [0.4, 0.5) is 5.69 Å². The Morgan fingerprint density at radius 1 is 0.833 bits per heavy atom. The van der Waals surface area contributed by atoms with Gasteiger partial charge in [-0.2, -0.15) is 0 Å². The van der Waals surface area contributed by atoms with Crippen molar-refractivity contribution in [2.24, 2.45) is 0 Å². The van der Waals surface area contributed by atoms with Crippen molar-refractivity contribution in [3.63, 3.8) is 0 Å². The first-order chi connectivity index (χ1) is 11.4. The second kappa shape index (κ2) is 7.25. The molecule has 5 heteroatoms. The zero-order valence-electron chi connectivity index (χ0n) is 14.9. The predicted octanol–water partition coefficient (Wildman–Crippen LogP) is 3.89. The summed E-state index contributed by atoms with van der Waals surface area (Å²) in [5.41, 5.74) is 4.27. The Labute approximate surface area is 142 Å². The number of rotatable bonds is 5. The molecule has 2 aromatic carbocycles. The van der Waals surface area contributed by atoms with E-state index < -0.39 is 0 Å². The maximum absolute atomic E-state index is 12.7. The highest BCUT2D eigenvalue weighted by Gasteiger charge is 2.17. The number of hydrogen-bond donors (Lipinski definition) is 1. The minimum atomic E-state index is -0.167. The summed E-state index contributed by atoms with van der Waals surface area (Å²) in [6, 6.07) is 7.41. The van der Waals surface area contributed by atoms with Gasteiger partial charge >= 0.3 is 0 Å². The molecule has 0 atom stereocenters. The average Bonchev–Trinajstić information content (AvgIpc) is 2.52. The lowest BCUT2D eigenvalue weighted by Gasteiger charge is -2.16. The molecule has 0 aliphatic carbocycles. The molecule has 0 radical (unpaired) electrons. The van der Waals surface area contributed by atoms with Crippen molar-refractivity contribution in [2.45, 2.75) is 20.8 Å². The fourth-order valence-electron chi connectivity index (χ4n) is 2.89. The van der Waals surface area contributed by atoms with Gasteiger partial charge in [0.05, 0.1) is 21.3 Å². The third kappa shape index (κ3) is 3.45. The maximum Gasteiger partial charge on any atom is 0.256 e. The highest BCUT2D eigenvalue weighted by molar-refractivity contribution is 6.06. The number of amides is 1. The third-order valence-electron chi connectivity index (χ3n) is 3.83. The molecule has 5 nitrogen and oxygen atoms in total. The predicted molar refractivity (Wildman–Crippen MR) is 94.7 cm³/mol. The summed E-state index contributed by atoms with van der Waals surface area (Å²) in [4.78, 5) is 12.7. The first-order valence-corrected chi connectivity index (χ1v) is 7.60. The normalized spacial score (nSPS) is 10.2. The van der Waals surface area contributed by atoms with Crippen LogP contribution in [0.1, 0.15) is 27.0 Å². The summed E-state index contributed by atoms with van der Waals surface area (Å²) in [6.07, 6.45) is 0. The molecule has 0 aliphatic heterocycles. The van der Waals surface area contributed by atoms with Crippen molar-refractivity contribution < 1.29 is 19.0 Å². The largest absolute Gasteiger partial charge is 0.493 e. The molecule has 0 saturated heterocycles. The van der Waals surface area contributed by atoms with Crippen molar-refractivity contribution in [3.05, 3.63) is 46.5 Å². The fourth-order valence-corrected chi connectivity index (χ4v) is 2.89. The molecule has 2 aromatic rings. The Kier molecular flexibility index (Phi) is 5.34. The fraction of sp³-hybridized carbons (Fsp3) is 0.316. The molecule has 0 aromatic heterocycles. The number of ether oxygens (including phenoxy) is 3. The van der Waals surface area contributed by atoms with E-state index in [4.69, 9.17) is 14.2 Å². The Balaban J connectivity index is 2.39. The van der Waals surface area contributed by atoms with Gasteiger partial charge in [-0.15, -0.1) is 0 Å². The van der Waals surface area contributed by atoms with Crippen LogP contribution >= 0.6 is 0 Å². The van der Waals surface area contributed by atoms with Gasteiger partial charge in [0.1, 0.15) is 0 Å². The summed E-state index contributed by atoms with van der Waals surface area (Å²) in [5.74, 6) is 1.30. The zero-order chi connectivity index (χ0) is 17.9. The van der Waals surface area contributed by atoms with Gasteiger partial charge in [0.2, 0.25) is 5.75 Å². The van der Waals surface area contributed by atoms with Crippen LogP contribution in [-0.2, 0) is 0 Å². The van der Waals surface area contributed by atoms with Gasteiger partial charge in [0.15, 0.2) is 11.5 Å². The Morgan fingerprint density at radius 3 is 1.75 bits per heavy atom. The number of methoxy groups -OCH3 is 3. The van der Waals surface area contributed by atoms with Crippen molar-refractivity contribution in [1.29, 1.82) is 0 Å². The van der Waals surface area contributed by atoms with E-state index in [1.54, 1.807) is 12.1 Å². The van der Waals surface area contributed by atoms with Crippen LogP contribution in [0.15, 0.2) is 24.3 Å². The zero-order valence-corrected chi connectivity index (χ0v) is 14.9. The summed E-state index contributed by atoms with van der Waals surface area (Å²) >= 11 is 0. The number of hydrogen-bond acceptors (Lipinski definition) is 4. The molecule has 0 saturated carbocycles. The van der Waals surface area contributed by atoms with Gasteiger partial charge in [0.25, 0.3) is 5.91 Å². The summed E-state index contributed by atoms with van der Waals surface area (Å²) in [5, 5.41) is 2.91. The maximum atomic E-state index is 12.7. The van der Waals surface area contributed by atoms with Crippen LogP contribution < -0.4 is 19.5 Å². The summed E-state index contributed by atoms with van der Waals surface area (Å²) in [7, 11) is 4.62. The van der Waals surface area contributed by atoms with E-state index in [0.29, 0.717) is 28.5 Å². The van der Waals surface area contributed by atoms with Crippen LogP contribution in [0.3, 0.4) is 0 Å². The van der Waals surface area contributed by atoms with Crippen LogP contribution in [0, 0.1) is 20.8 Å². The second-order valence-corrected chi connectivity index (χ2v) is 5.64. The molecule has 0 heterocycles. The summed E-state index contributed by atoms with van der Waals surface area (Å²) in [6.45, 7) is 5.88. The Hall–Kier alpha value is -2.69. The highest BCUT2D eigenvalue weighted by Crippen LogP contribution is 2.40. The highest BCUT2D eigenvalue weighted by atomic mass is 16.5. The number of nitrogens with one attached hydrogen (secondary N) is 1. The van der Waals surface area contributed by atoms with Gasteiger partial charge in [-0.25, -0.2) is 0 Å². The molecule has 0 aliphatic rings. The van der Waals surface area contributed by atoms with Gasteiger partial charge in [-0.05, 0) is 31.9 Å². The van der Waals surface area contributed by atoms with Crippen molar-refractivity contribution in [2.75, 3.05) is 26.6 Å². The summed E-state index contributed by atoms with van der Waals surface area (Å²) < 4.78 is 15.9. The lowest BCUT2D eigenvalue weighted by molar-refractivity contribution is 0.102. The third-order valence-corrected chi connectivity index (χ3v) is 3.83.